The van der Waals surface area contributed by atoms with E-state index in [4.69, 9.17) is 10.5 Å². The van der Waals surface area contributed by atoms with Gasteiger partial charge in [-0.1, -0.05) is 0 Å². The molecule has 7 heteroatoms. The minimum atomic E-state index is -3.44. The lowest BCUT2D eigenvalue weighted by Gasteiger charge is -2.18. The number of sulfonamides is 1. The molecule has 0 amide bonds. The highest BCUT2D eigenvalue weighted by molar-refractivity contribution is 7.91. The predicted molar refractivity (Wildman–Crippen MR) is 75.8 cm³/mol. The molecule has 0 saturated heterocycles. The molecule has 2 rings (SSSR count). The molecule has 5 nitrogen and oxygen atoms in total. The Bertz CT molecular complexity index is 513. The van der Waals surface area contributed by atoms with Gasteiger partial charge in [-0.25, -0.2) is 13.1 Å². The number of nitrogens with two attached hydrogens (primary N) is 1. The number of nitrogens with one attached hydrogen (secondary N) is 1. The lowest BCUT2D eigenvalue weighted by molar-refractivity contribution is 0.0916. The maximum absolute atomic E-state index is 12.3. The summed E-state index contributed by atoms with van der Waals surface area (Å²) in [5, 5.41) is 0. The Hall–Kier alpha value is -0.470. The summed E-state index contributed by atoms with van der Waals surface area (Å²) in [6.07, 6.45) is 3.43. The molecule has 3 N–H and O–H groups in total. The second kappa shape index (κ2) is 6.32. The van der Waals surface area contributed by atoms with Crippen LogP contribution in [0.4, 0.5) is 0 Å². The van der Waals surface area contributed by atoms with Crippen molar-refractivity contribution < 1.29 is 13.2 Å². The molecule has 1 aliphatic rings. The molecule has 1 aromatic rings. The molecule has 19 heavy (non-hydrogen) atoms. The van der Waals surface area contributed by atoms with Gasteiger partial charge in [0.25, 0.3) is 0 Å². The second-order valence-electron chi connectivity index (χ2n) is 4.69. The van der Waals surface area contributed by atoms with Gasteiger partial charge in [0.2, 0.25) is 10.0 Å². The van der Waals surface area contributed by atoms with E-state index in [9.17, 15) is 8.42 Å². The minimum Gasteiger partial charge on any atom is -0.380 e. The number of ether oxygens (including phenoxy) is 1. The molecule has 0 bridgehead atoms. The van der Waals surface area contributed by atoms with Crippen molar-refractivity contribution in [2.45, 2.75) is 42.0 Å². The Balaban J connectivity index is 2.08. The standard InChI is InChI=1S/C12H20N2O3S2/c1-17-11-4-2-3-10(11)14-19(15,16)12-6-5-9(18-12)7-8-13/h5-6,10-11,14H,2-4,7-8,13H2,1H3. The fourth-order valence-electron chi connectivity index (χ4n) is 2.38. The van der Waals surface area contributed by atoms with E-state index in [-0.39, 0.29) is 12.1 Å². The Morgan fingerprint density at radius 2 is 2.26 bits per heavy atom. The maximum Gasteiger partial charge on any atom is 0.250 e. The highest BCUT2D eigenvalue weighted by Crippen LogP contribution is 2.26. The zero-order chi connectivity index (χ0) is 13.9. The van der Waals surface area contributed by atoms with Gasteiger partial charge in [0.15, 0.2) is 0 Å². The zero-order valence-electron chi connectivity index (χ0n) is 11.0. The first kappa shape index (κ1) is 14.9. The van der Waals surface area contributed by atoms with Gasteiger partial charge in [0.05, 0.1) is 6.10 Å². The zero-order valence-corrected chi connectivity index (χ0v) is 12.6. The predicted octanol–water partition coefficient (Wildman–Crippen LogP) is 1.10. The molecule has 2 atom stereocenters. The van der Waals surface area contributed by atoms with Crippen molar-refractivity contribution in [1.82, 2.24) is 4.72 Å². The van der Waals surface area contributed by atoms with Gasteiger partial charge in [0, 0.05) is 18.0 Å². The largest absolute Gasteiger partial charge is 0.380 e. The number of rotatable bonds is 6. The Morgan fingerprint density at radius 3 is 2.95 bits per heavy atom. The van der Waals surface area contributed by atoms with Crippen LogP contribution in [-0.2, 0) is 21.2 Å². The summed E-state index contributed by atoms with van der Waals surface area (Å²) in [5.41, 5.74) is 5.47. The van der Waals surface area contributed by atoms with Gasteiger partial charge in [-0.15, -0.1) is 11.3 Å². The molecule has 108 valence electrons. The summed E-state index contributed by atoms with van der Waals surface area (Å²) in [5.74, 6) is 0. The van der Waals surface area contributed by atoms with Crippen LogP contribution in [0.15, 0.2) is 16.3 Å². The van der Waals surface area contributed by atoms with E-state index in [1.165, 1.54) is 11.3 Å². The van der Waals surface area contributed by atoms with E-state index in [0.29, 0.717) is 17.2 Å². The molecule has 0 spiro atoms. The number of methoxy groups -OCH3 is 1. The van der Waals surface area contributed by atoms with Crippen molar-refractivity contribution in [2.75, 3.05) is 13.7 Å². The highest BCUT2D eigenvalue weighted by Gasteiger charge is 2.31. The first-order valence-corrected chi connectivity index (χ1v) is 8.70. The topological polar surface area (TPSA) is 81.4 Å². The molecular weight excluding hydrogens is 284 g/mol. The number of thiophene rings is 1. The Labute approximate surface area is 118 Å². The maximum atomic E-state index is 12.3. The molecular formula is C12H20N2O3S2. The van der Waals surface area contributed by atoms with Crippen molar-refractivity contribution in [2.24, 2.45) is 5.73 Å². The van der Waals surface area contributed by atoms with Crippen LogP contribution >= 0.6 is 11.3 Å². The summed E-state index contributed by atoms with van der Waals surface area (Å²) in [4.78, 5) is 0.998. The quantitative estimate of drug-likeness (QED) is 0.824. The molecule has 0 aliphatic heterocycles. The lowest BCUT2D eigenvalue weighted by Crippen LogP contribution is -2.40. The van der Waals surface area contributed by atoms with E-state index in [1.807, 2.05) is 6.07 Å². The molecule has 1 fully saturated rings. The smallest absolute Gasteiger partial charge is 0.250 e. The van der Waals surface area contributed by atoms with E-state index in [0.717, 1.165) is 24.1 Å². The summed E-state index contributed by atoms with van der Waals surface area (Å²) in [6.45, 7) is 0.530. The molecule has 0 radical (unpaired) electrons. The minimum absolute atomic E-state index is 0.0155. The average Bonchev–Trinajstić information content (AvgIpc) is 2.98. The molecule has 1 saturated carbocycles. The van der Waals surface area contributed by atoms with Crippen LogP contribution in [0.1, 0.15) is 24.1 Å². The third-order valence-electron chi connectivity index (χ3n) is 3.35. The summed E-state index contributed by atoms with van der Waals surface area (Å²) in [6, 6.07) is 3.36. The van der Waals surface area contributed by atoms with Gasteiger partial charge in [0.1, 0.15) is 4.21 Å². The fourth-order valence-corrected chi connectivity index (χ4v) is 5.07. The average molecular weight is 304 g/mol. The van der Waals surface area contributed by atoms with Crippen LogP contribution in [0.3, 0.4) is 0 Å². The molecule has 1 heterocycles. The van der Waals surface area contributed by atoms with Crippen LogP contribution < -0.4 is 10.5 Å². The van der Waals surface area contributed by atoms with E-state index < -0.39 is 10.0 Å². The van der Waals surface area contributed by atoms with E-state index in [1.54, 1.807) is 13.2 Å². The summed E-state index contributed by atoms with van der Waals surface area (Å²) >= 11 is 1.29. The van der Waals surface area contributed by atoms with E-state index in [2.05, 4.69) is 4.72 Å². The first-order valence-electron chi connectivity index (χ1n) is 6.40. The molecule has 0 aromatic carbocycles. The Morgan fingerprint density at radius 1 is 1.47 bits per heavy atom. The van der Waals surface area contributed by atoms with Crippen molar-refractivity contribution in [1.29, 1.82) is 0 Å². The third-order valence-corrected chi connectivity index (χ3v) is 6.48. The van der Waals surface area contributed by atoms with Gasteiger partial charge in [-0.3, -0.25) is 0 Å². The summed E-state index contributed by atoms with van der Waals surface area (Å²) in [7, 11) is -1.81. The van der Waals surface area contributed by atoms with Gasteiger partial charge in [-0.05, 0) is 44.4 Å². The van der Waals surface area contributed by atoms with Crippen LogP contribution in [-0.4, -0.2) is 34.2 Å². The molecule has 1 aromatic heterocycles. The number of hydrogen-bond donors (Lipinski definition) is 2. The highest BCUT2D eigenvalue weighted by atomic mass is 32.2. The Kier molecular flexibility index (Phi) is 4.97. The number of hydrogen-bond acceptors (Lipinski definition) is 5. The fraction of sp³-hybridized carbons (Fsp3) is 0.667. The van der Waals surface area contributed by atoms with Crippen molar-refractivity contribution in [3.8, 4) is 0 Å². The lowest BCUT2D eigenvalue weighted by atomic mass is 10.2. The van der Waals surface area contributed by atoms with Crippen LogP contribution in [0, 0.1) is 0 Å². The van der Waals surface area contributed by atoms with Gasteiger partial charge >= 0.3 is 0 Å². The van der Waals surface area contributed by atoms with Gasteiger partial charge < -0.3 is 10.5 Å². The third kappa shape index (κ3) is 3.55. The van der Waals surface area contributed by atoms with E-state index >= 15 is 0 Å². The summed E-state index contributed by atoms with van der Waals surface area (Å²) < 4.78 is 33.0. The molecule has 2 unspecified atom stereocenters. The van der Waals surface area contributed by atoms with Crippen molar-refractivity contribution >= 4 is 21.4 Å². The van der Waals surface area contributed by atoms with Crippen LogP contribution in [0.25, 0.3) is 0 Å². The monoisotopic (exact) mass is 304 g/mol. The van der Waals surface area contributed by atoms with Crippen molar-refractivity contribution in [3.05, 3.63) is 17.0 Å². The van der Waals surface area contributed by atoms with Crippen LogP contribution in [0.5, 0.6) is 0 Å². The SMILES string of the molecule is COC1CCCC1NS(=O)(=O)c1ccc(CCN)s1. The van der Waals surface area contributed by atoms with Gasteiger partial charge in [-0.2, -0.15) is 0 Å². The molecule has 1 aliphatic carbocycles. The first-order chi connectivity index (χ1) is 9.06. The second-order valence-corrected chi connectivity index (χ2v) is 7.80. The van der Waals surface area contributed by atoms with Crippen LogP contribution in [0.2, 0.25) is 0 Å². The van der Waals surface area contributed by atoms with Crippen molar-refractivity contribution in [3.63, 3.8) is 0 Å². The normalized spacial score (nSPS) is 23.9.